The molecule has 9 nitrogen and oxygen atoms in total. The zero-order valence-corrected chi connectivity index (χ0v) is 21.6. The van der Waals surface area contributed by atoms with Crippen LogP contribution in [0.1, 0.15) is 51.3 Å². The molecule has 3 aromatic rings. The standard InChI is InChI=1S/C26H39N9/c1-5-22-26(32(3)4)31-23-21(16-28-25(27)24(23)30-22)18-15-29-35(17-18)20-9-13-34(14-10-20)19-7-11-33(6-2)12-8-19/h15-17,19-20H,5-14H2,1-4H3,(H2,27,28). The molecular weight excluding hydrogens is 438 g/mol. The van der Waals surface area contributed by atoms with Crippen molar-refractivity contribution in [2.24, 2.45) is 0 Å². The molecule has 2 aliphatic rings. The van der Waals surface area contributed by atoms with Gasteiger partial charge in [0.15, 0.2) is 11.6 Å². The van der Waals surface area contributed by atoms with Gasteiger partial charge < -0.3 is 20.4 Å². The van der Waals surface area contributed by atoms with E-state index in [0.29, 0.717) is 17.4 Å². The Hall–Kier alpha value is -2.78. The summed E-state index contributed by atoms with van der Waals surface area (Å²) in [5, 5.41) is 4.77. The third-order valence-corrected chi connectivity index (χ3v) is 7.84. The van der Waals surface area contributed by atoms with Gasteiger partial charge in [-0.2, -0.15) is 5.10 Å². The van der Waals surface area contributed by atoms with Crippen LogP contribution in [0, 0.1) is 0 Å². The summed E-state index contributed by atoms with van der Waals surface area (Å²) in [5.41, 5.74) is 10.5. The fourth-order valence-electron chi connectivity index (χ4n) is 5.68. The third-order valence-electron chi connectivity index (χ3n) is 7.84. The first kappa shape index (κ1) is 23.9. The van der Waals surface area contributed by atoms with E-state index in [2.05, 4.69) is 39.5 Å². The smallest absolute Gasteiger partial charge is 0.151 e. The Bertz CT molecular complexity index is 1160. The number of hydrogen-bond donors (Lipinski definition) is 1. The summed E-state index contributed by atoms with van der Waals surface area (Å²) in [6.07, 6.45) is 11.6. The number of aromatic nitrogens is 5. The molecular formula is C26H39N9. The van der Waals surface area contributed by atoms with Gasteiger partial charge in [-0.1, -0.05) is 13.8 Å². The van der Waals surface area contributed by atoms with Crippen molar-refractivity contribution in [3.05, 3.63) is 24.3 Å². The second kappa shape index (κ2) is 10.1. The van der Waals surface area contributed by atoms with Crippen LogP contribution in [-0.4, -0.2) is 87.4 Å². The molecule has 35 heavy (non-hydrogen) atoms. The van der Waals surface area contributed by atoms with E-state index in [1.165, 1.54) is 32.5 Å². The molecule has 0 bridgehead atoms. The molecule has 2 aliphatic heterocycles. The molecule has 2 N–H and O–H groups in total. The van der Waals surface area contributed by atoms with E-state index in [-0.39, 0.29) is 0 Å². The predicted octanol–water partition coefficient (Wildman–Crippen LogP) is 3.22. The second-order valence-electron chi connectivity index (χ2n) is 10.1. The minimum atomic E-state index is 0.417. The van der Waals surface area contributed by atoms with Gasteiger partial charge in [-0.3, -0.25) is 4.68 Å². The van der Waals surface area contributed by atoms with Gasteiger partial charge in [0.25, 0.3) is 0 Å². The molecule has 0 aromatic carbocycles. The molecule has 5 rings (SSSR count). The highest BCUT2D eigenvalue weighted by atomic mass is 15.3. The number of fused-ring (bicyclic) bond motifs is 1. The first-order valence-corrected chi connectivity index (χ1v) is 13.1. The van der Waals surface area contributed by atoms with Crippen molar-refractivity contribution in [1.29, 1.82) is 0 Å². The fraction of sp³-hybridized carbons (Fsp3) is 0.615. The summed E-state index contributed by atoms with van der Waals surface area (Å²) in [6.45, 7) is 10.3. The Morgan fingerprint density at radius 3 is 2.31 bits per heavy atom. The average Bonchev–Trinajstić information content (AvgIpc) is 3.38. The molecule has 0 atom stereocenters. The van der Waals surface area contributed by atoms with E-state index >= 15 is 0 Å². The van der Waals surface area contributed by atoms with Crippen LogP contribution in [0.2, 0.25) is 0 Å². The summed E-state index contributed by atoms with van der Waals surface area (Å²) in [4.78, 5) is 21.5. The lowest BCUT2D eigenvalue weighted by molar-refractivity contribution is 0.0792. The zero-order chi connectivity index (χ0) is 24.5. The van der Waals surface area contributed by atoms with Gasteiger partial charge in [-0.05, 0) is 51.7 Å². The highest BCUT2D eigenvalue weighted by Gasteiger charge is 2.29. The maximum Gasteiger partial charge on any atom is 0.151 e. The van der Waals surface area contributed by atoms with Crippen molar-refractivity contribution in [2.45, 2.75) is 58.0 Å². The largest absolute Gasteiger partial charge is 0.382 e. The van der Waals surface area contributed by atoms with E-state index in [9.17, 15) is 0 Å². The number of rotatable bonds is 6. The van der Waals surface area contributed by atoms with E-state index in [4.69, 9.17) is 20.8 Å². The molecule has 2 saturated heterocycles. The number of anilines is 2. The topological polar surface area (TPSA) is 92.2 Å². The lowest BCUT2D eigenvalue weighted by atomic mass is 9.98. The average molecular weight is 478 g/mol. The number of pyridine rings is 1. The number of nitrogen functional groups attached to an aromatic ring is 1. The molecule has 3 aromatic heterocycles. The van der Waals surface area contributed by atoms with Gasteiger partial charge >= 0.3 is 0 Å². The maximum atomic E-state index is 6.21. The monoisotopic (exact) mass is 477 g/mol. The highest BCUT2D eigenvalue weighted by Crippen LogP contribution is 2.33. The fourth-order valence-corrected chi connectivity index (χ4v) is 5.68. The molecule has 0 unspecified atom stereocenters. The minimum absolute atomic E-state index is 0.417. The molecule has 0 radical (unpaired) electrons. The summed E-state index contributed by atoms with van der Waals surface area (Å²) >= 11 is 0. The number of piperidine rings is 2. The van der Waals surface area contributed by atoms with Crippen LogP contribution in [0.25, 0.3) is 22.2 Å². The van der Waals surface area contributed by atoms with Gasteiger partial charge in [0.2, 0.25) is 0 Å². The first-order valence-electron chi connectivity index (χ1n) is 13.1. The van der Waals surface area contributed by atoms with Crippen LogP contribution >= 0.6 is 0 Å². The van der Waals surface area contributed by atoms with Gasteiger partial charge in [-0.25, -0.2) is 15.0 Å². The van der Waals surface area contributed by atoms with Crippen molar-refractivity contribution in [3.8, 4) is 11.1 Å². The Kier molecular flexibility index (Phi) is 6.88. The summed E-state index contributed by atoms with van der Waals surface area (Å²) in [6, 6.07) is 1.18. The molecule has 2 fully saturated rings. The first-order chi connectivity index (χ1) is 17.0. The van der Waals surface area contributed by atoms with E-state index in [1.54, 1.807) is 0 Å². The van der Waals surface area contributed by atoms with E-state index < -0.39 is 0 Å². The SMILES string of the molecule is CCc1nc2c(N)ncc(-c3cnn(C4CCN(C5CCN(CC)CC5)CC4)c3)c2nc1N(C)C. The van der Waals surface area contributed by atoms with Crippen molar-refractivity contribution in [2.75, 3.05) is 57.5 Å². The second-order valence-corrected chi connectivity index (χ2v) is 10.1. The Labute approximate surface area is 208 Å². The van der Waals surface area contributed by atoms with Gasteiger partial charge in [0, 0.05) is 56.7 Å². The summed E-state index contributed by atoms with van der Waals surface area (Å²) in [5.74, 6) is 1.29. The maximum absolute atomic E-state index is 6.21. The third kappa shape index (κ3) is 4.71. The normalized spacial score (nSPS) is 19.0. The molecule has 188 valence electrons. The van der Waals surface area contributed by atoms with E-state index in [0.717, 1.165) is 66.5 Å². The lowest BCUT2D eigenvalue weighted by Gasteiger charge is -2.41. The Morgan fingerprint density at radius 2 is 1.66 bits per heavy atom. The summed E-state index contributed by atoms with van der Waals surface area (Å²) < 4.78 is 2.15. The van der Waals surface area contributed by atoms with Crippen LogP contribution in [0.5, 0.6) is 0 Å². The molecule has 9 heteroatoms. The Balaban J connectivity index is 1.34. The Morgan fingerprint density at radius 1 is 0.943 bits per heavy atom. The lowest BCUT2D eigenvalue weighted by Crippen LogP contribution is -2.47. The van der Waals surface area contributed by atoms with Crippen LogP contribution in [0.4, 0.5) is 11.6 Å². The summed E-state index contributed by atoms with van der Waals surface area (Å²) in [7, 11) is 3.99. The van der Waals surface area contributed by atoms with Crippen LogP contribution in [-0.2, 0) is 6.42 Å². The van der Waals surface area contributed by atoms with E-state index in [1.807, 2.05) is 31.4 Å². The number of nitrogens with two attached hydrogens (primary N) is 1. The van der Waals surface area contributed by atoms with Crippen molar-refractivity contribution in [3.63, 3.8) is 0 Å². The van der Waals surface area contributed by atoms with Crippen LogP contribution in [0.15, 0.2) is 18.6 Å². The number of likely N-dealkylation sites (tertiary alicyclic amines) is 2. The molecule has 5 heterocycles. The number of aryl methyl sites for hydroxylation is 1. The molecule has 0 spiro atoms. The highest BCUT2D eigenvalue weighted by molar-refractivity contribution is 5.96. The molecule has 0 aliphatic carbocycles. The predicted molar refractivity (Wildman–Crippen MR) is 142 cm³/mol. The molecule has 0 amide bonds. The van der Waals surface area contributed by atoms with Crippen molar-refractivity contribution in [1.82, 2.24) is 34.5 Å². The number of nitrogens with zero attached hydrogens (tertiary/aromatic N) is 8. The zero-order valence-electron chi connectivity index (χ0n) is 21.6. The van der Waals surface area contributed by atoms with Gasteiger partial charge in [0.1, 0.15) is 11.0 Å². The molecule has 0 saturated carbocycles. The quantitative estimate of drug-likeness (QED) is 0.579. The van der Waals surface area contributed by atoms with Gasteiger partial charge in [-0.15, -0.1) is 0 Å². The van der Waals surface area contributed by atoms with Crippen molar-refractivity contribution >= 4 is 22.7 Å². The van der Waals surface area contributed by atoms with Crippen LogP contribution < -0.4 is 10.6 Å². The number of hydrogen-bond acceptors (Lipinski definition) is 8. The van der Waals surface area contributed by atoms with Crippen LogP contribution in [0.3, 0.4) is 0 Å². The van der Waals surface area contributed by atoms with Gasteiger partial charge in [0.05, 0.1) is 17.9 Å². The minimum Gasteiger partial charge on any atom is -0.382 e. The van der Waals surface area contributed by atoms with Crippen molar-refractivity contribution < 1.29 is 0 Å².